The van der Waals surface area contributed by atoms with E-state index in [-0.39, 0.29) is 0 Å². The molecular formula is C13H26N2O. The van der Waals surface area contributed by atoms with Gasteiger partial charge in [-0.1, -0.05) is 0 Å². The van der Waals surface area contributed by atoms with Gasteiger partial charge >= 0.3 is 0 Å². The van der Waals surface area contributed by atoms with Gasteiger partial charge in [0.2, 0.25) is 0 Å². The van der Waals surface area contributed by atoms with Gasteiger partial charge in [0.25, 0.3) is 0 Å². The maximum Gasteiger partial charge on any atom is 0.0483 e. The second kappa shape index (κ2) is 5.99. The van der Waals surface area contributed by atoms with E-state index in [1.54, 1.807) is 0 Å². The highest BCUT2D eigenvalue weighted by atomic mass is 16.5. The average molecular weight is 226 g/mol. The highest BCUT2D eigenvalue weighted by Crippen LogP contribution is 2.21. The summed E-state index contributed by atoms with van der Waals surface area (Å²) in [4.78, 5) is 0. The molecule has 0 atom stereocenters. The molecule has 16 heavy (non-hydrogen) atoms. The molecule has 2 fully saturated rings. The van der Waals surface area contributed by atoms with Crippen LogP contribution in [-0.4, -0.2) is 38.4 Å². The van der Waals surface area contributed by atoms with Crippen LogP contribution in [-0.2, 0) is 4.74 Å². The summed E-state index contributed by atoms with van der Waals surface area (Å²) in [5.41, 5.74) is 0.338. The van der Waals surface area contributed by atoms with Gasteiger partial charge in [0.05, 0.1) is 0 Å². The molecule has 2 aliphatic heterocycles. The van der Waals surface area contributed by atoms with E-state index >= 15 is 0 Å². The summed E-state index contributed by atoms with van der Waals surface area (Å²) in [6.07, 6.45) is 6.40. The van der Waals surface area contributed by atoms with E-state index in [2.05, 4.69) is 17.6 Å². The minimum atomic E-state index is 0.338. The van der Waals surface area contributed by atoms with Crippen molar-refractivity contribution in [2.45, 2.75) is 44.6 Å². The van der Waals surface area contributed by atoms with Crippen LogP contribution in [0.25, 0.3) is 0 Å². The predicted molar refractivity (Wildman–Crippen MR) is 66.7 cm³/mol. The lowest BCUT2D eigenvalue weighted by Gasteiger charge is -2.35. The van der Waals surface area contributed by atoms with Crippen LogP contribution in [0, 0.1) is 5.92 Å². The normalized spacial score (nSPS) is 26.8. The standard InChI is InChI=1S/C13H26N2O/c1-13(5-10-16-11-6-13)15-9-4-12-2-7-14-8-3-12/h12,14-15H,2-11H2,1H3. The second-order valence-corrected chi connectivity index (χ2v) is 5.58. The van der Waals surface area contributed by atoms with Gasteiger partial charge in [-0.05, 0) is 64.6 Å². The molecule has 3 heteroatoms. The molecule has 2 N–H and O–H groups in total. The number of rotatable bonds is 4. The van der Waals surface area contributed by atoms with Gasteiger partial charge in [-0.15, -0.1) is 0 Å². The maximum absolute atomic E-state index is 5.41. The third kappa shape index (κ3) is 3.72. The van der Waals surface area contributed by atoms with Crippen molar-refractivity contribution in [2.75, 3.05) is 32.8 Å². The molecule has 0 aliphatic carbocycles. The van der Waals surface area contributed by atoms with Crippen LogP contribution < -0.4 is 10.6 Å². The Morgan fingerprint density at radius 3 is 2.62 bits per heavy atom. The third-order valence-electron chi connectivity index (χ3n) is 4.16. The van der Waals surface area contributed by atoms with Crippen molar-refractivity contribution >= 4 is 0 Å². The summed E-state index contributed by atoms with van der Waals surface area (Å²) in [5.74, 6) is 0.942. The van der Waals surface area contributed by atoms with Gasteiger partial charge < -0.3 is 15.4 Å². The Labute approximate surface area is 99.3 Å². The number of nitrogens with one attached hydrogen (secondary N) is 2. The Bertz CT molecular complexity index is 196. The van der Waals surface area contributed by atoms with E-state index in [0.29, 0.717) is 5.54 Å². The smallest absolute Gasteiger partial charge is 0.0483 e. The fraction of sp³-hybridized carbons (Fsp3) is 1.00. The molecule has 0 unspecified atom stereocenters. The van der Waals surface area contributed by atoms with E-state index < -0.39 is 0 Å². The lowest BCUT2D eigenvalue weighted by Crippen LogP contribution is -2.47. The predicted octanol–water partition coefficient (Wildman–Crippen LogP) is 1.53. The Kier molecular flexibility index (Phi) is 4.62. The van der Waals surface area contributed by atoms with E-state index in [4.69, 9.17) is 4.74 Å². The van der Waals surface area contributed by atoms with Crippen LogP contribution in [0.2, 0.25) is 0 Å². The zero-order valence-electron chi connectivity index (χ0n) is 10.6. The van der Waals surface area contributed by atoms with E-state index in [1.807, 2.05) is 0 Å². The molecule has 2 aliphatic rings. The molecule has 0 amide bonds. The van der Waals surface area contributed by atoms with Crippen LogP contribution in [0.1, 0.15) is 39.0 Å². The van der Waals surface area contributed by atoms with Gasteiger partial charge in [-0.2, -0.15) is 0 Å². The van der Waals surface area contributed by atoms with Crippen LogP contribution >= 0.6 is 0 Å². The van der Waals surface area contributed by atoms with E-state index in [1.165, 1.54) is 51.7 Å². The first kappa shape index (κ1) is 12.3. The summed E-state index contributed by atoms with van der Waals surface area (Å²) in [5, 5.41) is 7.17. The molecule has 0 aromatic rings. The topological polar surface area (TPSA) is 33.3 Å². The SMILES string of the molecule is CC1(NCCC2CCNCC2)CCOCC1. The number of hydrogen-bond acceptors (Lipinski definition) is 3. The van der Waals surface area contributed by atoms with Gasteiger partial charge in [0, 0.05) is 18.8 Å². The Morgan fingerprint density at radius 1 is 1.25 bits per heavy atom. The van der Waals surface area contributed by atoms with Crippen molar-refractivity contribution in [2.24, 2.45) is 5.92 Å². The molecule has 0 bridgehead atoms. The van der Waals surface area contributed by atoms with Gasteiger partial charge in [-0.3, -0.25) is 0 Å². The summed E-state index contributed by atoms with van der Waals surface area (Å²) in [7, 11) is 0. The molecule has 0 radical (unpaired) electrons. The van der Waals surface area contributed by atoms with Gasteiger partial charge in [0.15, 0.2) is 0 Å². The summed E-state index contributed by atoms with van der Waals surface area (Å²) in [6.45, 7) is 7.82. The van der Waals surface area contributed by atoms with Crippen LogP contribution in [0.3, 0.4) is 0 Å². The average Bonchev–Trinajstić information content (AvgIpc) is 2.31. The summed E-state index contributed by atoms with van der Waals surface area (Å²) < 4.78 is 5.41. The molecule has 0 spiro atoms. The number of piperidine rings is 1. The number of hydrogen-bond donors (Lipinski definition) is 2. The number of ether oxygens (including phenoxy) is 1. The largest absolute Gasteiger partial charge is 0.381 e. The summed E-state index contributed by atoms with van der Waals surface area (Å²) in [6, 6.07) is 0. The first-order valence-electron chi connectivity index (χ1n) is 6.82. The molecule has 2 rings (SSSR count). The Morgan fingerprint density at radius 2 is 1.94 bits per heavy atom. The molecule has 0 saturated carbocycles. The fourth-order valence-corrected chi connectivity index (χ4v) is 2.75. The fourth-order valence-electron chi connectivity index (χ4n) is 2.75. The van der Waals surface area contributed by atoms with Crippen molar-refractivity contribution < 1.29 is 4.74 Å². The zero-order valence-corrected chi connectivity index (χ0v) is 10.6. The van der Waals surface area contributed by atoms with Gasteiger partial charge in [-0.25, -0.2) is 0 Å². The third-order valence-corrected chi connectivity index (χ3v) is 4.16. The van der Waals surface area contributed by atoms with Crippen molar-refractivity contribution in [3.05, 3.63) is 0 Å². The minimum absolute atomic E-state index is 0.338. The maximum atomic E-state index is 5.41. The molecular weight excluding hydrogens is 200 g/mol. The zero-order chi connectivity index (χ0) is 11.3. The highest BCUT2D eigenvalue weighted by molar-refractivity contribution is 4.85. The van der Waals surface area contributed by atoms with Crippen molar-refractivity contribution in [3.63, 3.8) is 0 Å². The Hall–Kier alpha value is -0.120. The van der Waals surface area contributed by atoms with Crippen molar-refractivity contribution in [1.29, 1.82) is 0 Å². The van der Waals surface area contributed by atoms with Crippen LogP contribution in [0.4, 0.5) is 0 Å². The minimum Gasteiger partial charge on any atom is -0.381 e. The lowest BCUT2D eigenvalue weighted by atomic mass is 9.90. The van der Waals surface area contributed by atoms with Gasteiger partial charge in [0.1, 0.15) is 0 Å². The van der Waals surface area contributed by atoms with E-state index in [9.17, 15) is 0 Å². The monoisotopic (exact) mass is 226 g/mol. The molecule has 0 aromatic heterocycles. The quantitative estimate of drug-likeness (QED) is 0.763. The van der Waals surface area contributed by atoms with Crippen molar-refractivity contribution in [1.82, 2.24) is 10.6 Å². The molecule has 3 nitrogen and oxygen atoms in total. The second-order valence-electron chi connectivity index (χ2n) is 5.58. The Balaban J connectivity index is 1.62. The molecule has 0 aromatic carbocycles. The van der Waals surface area contributed by atoms with Crippen LogP contribution in [0.15, 0.2) is 0 Å². The molecule has 2 heterocycles. The lowest BCUT2D eigenvalue weighted by molar-refractivity contribution is 0.0447. The van der Waals surface area contributed by atoms with Crippen LogP contribution in [0.5, 0.6) is 0 Å². The van der Waals surface area contributed by atoms with Crippen molar-refractivity contribution in [3.8, 4) is 0 Å². The first-order chi connectivity index (χ1) is 7.79. The highest BCUT2D eigenvalue weighted by Gasteiger charge is 2.26. The molecule has 94 valence electrons. The summed E-state index contributed by atoms with van der Waals surface area (Å²) >= 11 is 0. The molecule has 2 saturated heterocycles. The first-order valence-corrected chi connectivity index (χ1v) is 6.82. The van der Waals surface area contributed by atoms with E-state index in [0.717, 1.165) is 19.1 Å².